The summed E-state index contributed by atoms with van der Waals surface area (Å²) in [6.45, 7) is 8.41. The third-order valence-corrected chi connectivity index (χ3v) is 7.31. The summed E-state index contributed by atoms with van der Waals surface area (Å²) in [4.78, 5) is 0. The van der Waals surface area contributed by atoms with Gasteiger partial charge in [-0.1, -0.05) is 78.9 Å². The normalized spacial score (nSPS) is 17.9. The van der Waals surface area contributed by atoms with E-state index in [4.69, 9.17) is 9.31 Å². The molecule has 0 spiro atoms. The number of benzene rings is 4. The topological polar surface area (TPSA) is 18.5 Å². The van der Waals surface area contributed by atoms with Crippen LogP contribution >= 0.6 is 0 Å². The second-order valence-corrected chi connectivity index (χ2v) is 9.61. The minimum absolute atomic E-state index is 0.367. The van der Waals surface area contributed by atoms with Crippen LogP contribution in [0.1, 0.15) is 27.7 Å². The van der Waals surface area contributed by atoms with Crippen LogP contribution in [0, 0.1) is 0 Å². The van der Waals surface area contributed by atoms with Gasteiger partial charge in [0.25, 0.3) is 0 Å². The van der Waals surface area contributed by atoms with Gasteiger partial charge in [-0.25, -0.2) is 0 Å². The molecule has 31 heavy (non-hydrogen) atoms. The van der Waals surface area contributed by atoms with E-state index in [2.05, 4.69) is 107 Å². The molecule has 0 amide bonds. The Morgan fingerprint density at radius 3 is 1.71 bits per heavy atom. The van der Waals surface area contributed by atoms with Gasteiger partial charge in [0.1, 0.15) is 0 Å². The fraction of sp³-hybridized carbons (Fsp3) is 0.214. The Morgan fingerprint density at radius 1 is 0.516 bits per heavy atom. The molecule has 0 aromatic heterocycles. The zero-order valence-electron chi connectivity index (χ0n) is 18.4. The summed E-state index contributed by atoms with van der Waals surface area (Å²) in [5, 5.41) is 2.61. The van der Waals surface area contributed by atoms with E-state index in [9.17, 15) is 0 Å². The van der Waals surface area contributed by atoms with E-state index in [0.717, 1.165) is 5.46 Å². The summed E-state index contributed by atoms with van der Waals surface area (Å²) in [6, 6.07) is 28.4. The monoisotopic (exact) mass is 404 g/mol. The molecule has 4 aromatic carbocycles. The Balaban J connectivity index is 1.56. The fourth-order valence-corrected chi connectivity index (χ4v) is 4.96. The maximum absolute atomic E-state index is 6.41. The van der Waals surface area contributed by atoms with Gasteiger partial charge in [0, 0.05) is 0 Å². The molecule has 0 radical (unpaired) electrons. The minimum atomic E-state index is -0.388. The third-order valence-electron chi connectivity index (χ3n) is 7.31. The van der Waals surface area contributed by atoms with Crippen molar-refractivity contribution < 1.29 is 9.31 Å². The van der Waals surface area contributed by atoms with Gasteiger partial charge in [-0.05, 0) is 77.3 Å². The Hall–Kier alpha value is -2.88. The van der Waals surface area contributed by atoms with E-state index in [1.165, 1.54) is 44.2 Å². The molecule has 0 unspecified atom stereocenters. The van der Waals surface area contributed by atoms with E-state index in [-0.39, 0.29) is 18.3 Å². The highest BCUT2D eigenvalue weighted by atomic mass is 16.7. The molecule has 152 valence electrons. The molecule has 0 bridgehead atoms. The lowest BCUT2D eigenvalue weighted by Gasteiger charge is -2.32. The lowest BCUT2D eigenvalue weighted by molar-refractivity contribution is 0.00578. The van der Waals surface area contributed by atoms with Crippen LogP contribution in [0.4, 0.5) is 0 Å². The SMILES string of the molecule is CC1(C)OB(c2ccccc2-c2ccc3c4c(cccc24)-c2ccccc2-3)OC1(C)C. The molecule has 1 saturated heterocycles. The van der Waals surface area contributed by atoms with Crippen molar-refractivity contribution in [3.8, 4) is 33.4 Å². The first kappa shape index (κ1) is 18.9. The quantitative estimate of drug-likeness (QED) is 0.315. The van der Waals surface area contributed by atoms with Crippen LogP contribution in [-0.2, 0) is 9.31 Å². The molecule has 3 heteroatoms. The zero-order valence-corrected chi connectivity index (χ0v) is 18.4. The number of fused-ring (bicyclic) bond motifs is 3. The minimum Gasteiger partial charge on any atom is -0.399 e. The van der Waals surface area contributed by atoms with Crippen molar-refractivity contribution in [3.63, 3.8) is 0 Å². The smallest absolute Gasteiger partial charge is 0.399 e. The molecule has 0 atom stereocenters. The van der Waals surface area contributed by atoms with Crippen molar-refractivity contribution in [3.05, 3.63) is 78.9 Å². The van der Waals surface area contributed by atoms with E-state index >= 15 is 0 Å². The van der Waals surface area contributed by atoms with Gasteiger partial charge in [-0.3, -0.25) is 0 Å². The van der Waals surface area contributed by atoms with E-state index in [1.807, 2.05) is 0 Å². The van der Waals surface area contributed by atoms with Gasteiger partial charge >= 0.3 is 7.12 Å². The van der Waals surface area contributed by atoms with E-state index < -0.39 is 0 Å². The molecule has 1 fully saturated rings. The molecule has 4 aromatic rings. The van der Waals surface area contributed by atoms with Crippen LogP contribution in [0.5, 0.6) is 0 Å². The van der Waals surface area contributed by atoms with Crippen molar-refractivity contribution in [1.29, 1.82) is 0 Å². The predicted molar refractivity (Wildman–Crippen MR) is 130 cm³/mol. The lowest BCUT2D eigenvalue weighted by atomic mass is 9.74. The van der Waals surface area contributed by atoms with Gasteiger partial charge in [-0.15, -0.1) is 0 Å². The first-order valence-corrected chi connectivity index (χ1v) is 11.0. The highest BCUT2D eigenvalue weighted by molar-refractivity contribution is 6.64. The molecule has 2 aliphatic rings. The Bertz CT molecular complexity index is 1310. The van der Waals surface area contributed by atoms with Crippen molar-refractivity contribution >= 4 is 23.4 Å². The van der Waals surface area contributed by atoms with Crippen LogP contribution in [0.2, 0.25) is 0 Å². The summed E-state index contributed by atoms with van der Waals surface area (Å²) in [5.74, 6) is 0. The van der Waals surface area contributed by atoms with Crippen LogP contribution < -0.4 is 5.46 Å². The van der Waals surface area contributed by atoms with E-state index in [0.29, 0.717) is 0 Å². The second kappa shape index (κ2) is 6.32. The maximum atomic E-state index is 6.41. The Morgan fingerprint density at radius 2 is 1.03 bits per heavy atom. The first-order chi connectivity index (χ1) is 14.9. The molecular weight excluding hydrogens is 379 g/mol. The number of hydrogen-bond acceptors (Lipinski definition) is 2. The van der Waals surface area contributed by atoms with Gasteiger partial charge in [-0.2, -0.15) is 0 Å². The predicted octanol–water partition coefficient (Wildman–Crippen LogP) is 6.45. The molecule has 1 aliphatic heterocycles. The van der Waals surface area contributed by atoms with Crippen LogP contribution in [0.15, 0.2) is 78.9 Å². The second-order valence-electron chi connectivity index (χ2n) is 9.61. The van der Waals surface area contributed by atoms with E-state index in [1.54, 1.807) is 0 Å². The summed E-state index contributed by atoms with van der Waals surface area (Å²) >= 11 is 0. The fourth-order valence-electron chi connectivity index (χ4n) is 4.96. The van der Waals surface area contributed by atoms with Crippen molar-refractivity contribution in [1.82, 2.24) is 0 Å². The number of hydrogen-bond donors (Lipinski definition) is 0. The van der Waals surface area contributed by atoms with Crippen molar-refractivity contribution in [2.45, 2.75) is 38.9 Å². The standard InChI is InChI=1S/C28H25BO2/c1-27(2)28(3,4)31-29(30-27)25-15-8-7-12-21(25)20-16-17-24-19-11-6-5-10-18(19)22-13-9-14-23(20)26(22)24/h5-17H,1-4H3. The molecule has 2 nitrogen and oxygen atoms in total. The highest BCUT2D eigenvalue weighted by Crippen LogP contribution is 2.49. The van der Waals surface area contributed by atoms with Crippen LogP contribution in [-0.4, -0.2) is 18.3 Å². The van der Waals surface area contributed by atoms with Gasteiger partial charge in [0.2, 0.25) is 0 Å². The largest absolute Gasteiger partial charge is 0.495 e. The Kier molecular flexibility index (Phi) is 3.84. The summed E-state index contributed by atoms with van der Waals surface area (Å²) in [5.41, 5.74) is 8.01. The average molecular weight is 404 g/mol. The maximum Gasteiger partial charge on any atom is 0.495 e. The molecule has 1 aliphatic carbocycles. The summed E-state index contributed by atoms with van der Waals surface area (Å²) < 4.78 is 12.8. The summed E-state index contributed by atoms with van der Waals surface area (Å²) in [6.07, 6.45) is 0. The van der Waals surface area contributed by atoms with Crippen molar-refractivity contribution in [2.24, 2.45) is 0 Å². The van der Waals surface area contributed by atoms with Gasteiger partial charge < -0.3 is 9.31 Å². The van der Waals surface area contributed by atoms with Crippen molar-refractivity contribution in [2.75, 3.05) is 0 Å². The van der Waals surface area contributed by atoms with Crippen LogP contribution in [0.3, 0.4) is 0 Å². The van der Waals surface area contributed by atoms with Gasteiger partial charge in [0.15, 0.2) is 0 Å². The molecule has 0 saturated carbocycles. The Labute approximate surface area is 184 Å². The molecule has 1 heterocycles. The van der Waals surface area contributed by atoms with Crippen LogP contribution in [0.25, 0.3) is 44.2 Å². The first-order valence-electron chi connectivity index (χ1n) is 11.0. The highest BCUT2D eigenvalue weighted by Gasteiger charge is 2.52. The van der Waals surface area contributed by atoms with Gasteiger partial charge in [0.05, 0.1) is 11.2 Å². The lowest BCUT2D eigenvalue weighted by Crippen LogP contribution is -2.41. The third kappa shape index (κ3) is 2.60. The number of rotatable bonds is 2. The molecule has 6 rings (SSSR count). The zero-order chi connectivity index (χ0) is 21.4. The molecular formula is C28H25BO2. The summed E-state index contributed by atoms with van der Waals surface area (Å²) in [7, 11) is -0.388. The molecule has 0 N–H and O–H groups in total. The average Bonchev–Trinajstić information content (AvgIpc) is 3.20.